The van der Waals surface area contributed by atoms with Crippen molar-refractivity contribution in [3.05, 3.63) is 42.2 Å². The van der Waals surface area contributed by atoms with Gasteiger partial charge in [-0.2, -0.15) is 0 Å². The van der Waals surface area contributed by atoms with E-state index in [1.54, 1.807) is 6.08 Å². The first kappa shape index (κ1) is 23.0. The third kappa shape index (κ3) is 4.34. The van der Waals surface area contributed by atoms with Gasteiger partial charge in [0.2, 0.25) is 6.29 Å². The van der Waals surface area contributed by atoms with E-state index in [0.717, 1.165) is 0 Å². The van der Waals surface area contributed by atoms with Crippen LogP contribution in [0, 0.1) is 17.8 Å². The van der Waals surface area contributed by atoms with Crippen LogP contribution in [0.1, 0.15) is 23.7 Å². The molecule has 10 heteroatoms. The average Bonchev–Trinajstić information content (AvgIpc) is 3.10. The van der Waals surface area contributed by atoms with E-state index in [4.69, 9.17) is 18.9 Å². The summed E-state index contributed by atoms with van der Waals surface area (Å²) in [6, 6.07) is 5.79. The van der Waals surface area contributed by atoms with Crippen molar-refractivity contribution < 1.29 is 49.3 Å². The molecule has 1 aromatic carbocycles. The smallest absolute Gasteiger partial charge is 0.338 e. The Morgan fingerprint density at radius 2 is 1.81 bits per heavy atom. The fourth-order valence-corrected chi connectivity index (χ4v) is 4.68. The Morgan fingerprint density at radius 1 is 1.09 bits per heavy atom. The standard InChI is InChI=1S/C22H28O10/c1-10-8-14(30-20(28)11-2-4-12(24)5-3-11)13-6-7-29-21(16(10)13)32-22-19(27)18(26)17(25)15(9-23)31-22/h2-7,10,13-19,21-27H,8-9H2,1H3. The number of carbonyl (C=O) groups excluding carboxylic acids is 1. The highest BCUT2D eigenvalue weighted by molar-refractivity contribution is 5.89. The summed E-state index contributed by atoms with van der Waals surface area (Å²) in [6.07, 6.45) is -4.49. The summed E-state index contributed by atoms with van der Waals surface area (Å²) in [7, 11) is 0. The number of phenols is 1. The molecule has 0 radical (unpaired) electrons. The van der Waals surface area contributed by atoms with E-state index in [0.29, 0.717) is 12.0 Å². The molecule has 1 saturated heterocycles. The largest absolute Gasteiger partial charge is 0.508 e. The van der Waals surface area contributed by atoms with E-state index < -0.39 is 55.7 Å². The maximum atomic E-state index is 12.6. The van der Waals surface area contributed by atoms with Gasteiger partial charge in [0.05, 0.1) is 18.4 Å². The fourth-order valence-electron chi connectivity index (χ4n) is 4.68. The minimum Gasteiger partial charge on any atom is -0.508 e. The summed E-state index contributed by atoms with van der Waals surface area (Å²) < 4.78 is 22.6. The molecule has 0 spiro atoms. The number of rotatable bonds is 5. The lowest BCUT2D eigenvalue weighted by molar-refractivity contribution is -0.342. The molecule has 10 nitrogen and oxygen atoms in total. The van der Waals surface area contributed by atoms with E-state index in [9.17, 15) is 30.3 Å². The third-order valence-corrected chi connectivity index (χ3v) is 6.44. The molecule has 2 fully saturated rings. The summed E-state index contributed by atoms with van der Waals surface area (Å²) in [5.41, 5.74) is 0.323. The molecule has 0 amide bonds. The second-order valence-corrected chi connectivity index (χ2v) is 8.52. The highest BCUT2D eigenvalue weighted by Crippen LogP contribution is 2.45. The van der Waals surface area contributed by atoms with Crippen LogP contribution >= 0.6 is 0 Å². The van der Waals surface area contributed by atoms with Crippen LogP contribution in [0.3, 0.4) is 0 Å². The van der Waals surface area contributed by atoms with Gasteiger partial charge in [-0.25, -0.2) is 4.79 Å². The predicted octanol–water partition coefficient (Wildman–Crippen LogP) is -0.124. The van der Waals surface area contributed by atoms with Crippen LogP contribution in [-0.2, 0) is 18.9 Å². The van der Waals surface area contributed by atoms with E-state index in [-0.39, 0.29) is 23.5 Å². The molecule has 1 aliphatic carbocycles. The van der Waals surface area contributed by atoms with Gasteiger partial charge in [0.1, 0.15) is 36.3 Å². The van der Waals surface area contributed by atoms with Crippen LogP contribution < -0.4 is 0 Å². The molecule has 1 aromatic rings. The molecular weight excluding hydrogens is 424 g/mol. The van der Waals surface area contributed by atoms with Gasteiger partial charge in [0, 0.05) is 11.8 Å². The summed E-state index contributed by atoms with van der Waals surface area (Å²) in [5, 5.41) is 49.0. The number of aromatic hydroxyl groups is 1. The third-order valence-electron chi connectivity index (χ3n) is 6.44. The lowest BCUT2D eigenvalue weighted by atomic mass is 9.88. The number of aliphatic hydroxyl groups excluding tert-OH is 4. The Kier molecular flexibility index (Phi) is 6.70. The van der Waals surface area contributed by atoms with Crippen LogP contribution in [0.2, 0.25) is 0 Å². The number of esters is 1. The first-order valence-electron chi connectivity index (χ1n) is 10.6. The van der Waals surface area contributed by atoms with Crippen molar-refractivity contribution in [2.24, 2.45) is 17.8 Å². The van der Waals surface area contributed by atoms with E-state index in [1.807, 2.05) is 6.92 Å². The van der Waals surface area contributed by atoms with Crippen LogP contribution in [-0.4, -0.2) is 81.2 Å². The minimum absolute atomic E-state index is 0.0254. The van der Waals surface area contributed by atoms with Gasteiger partial charge in [-0.1, -0.05) is 6.92 Å². The SMILES string of the molecule is CC1CC(OC(=O)c2ccc(O)cc2)C2C=COC(OC3OC(CO)C(O)C(O)C3O)C12. The van der Waals surface area contributed by atoms with Gasteiger partial charge in [-0.05, 0) is 42.7 Å². The fraction of sp³-hybridized carbons (Fsp3) is 0.591. The number of aliphatic hydroxyl groups is 4. The lowest BCUT2D eigenvalue weighted by Gasteiger charge is -2.42. The Bertz CT molecular complexity index is 825. The summed E-state index contributed by atoms with van der Waals surface area (Å²) in [6.45, 7) is 1.41. The Morgan fingerprint density at radius 3 is 2.50 bits per heavy atom. The Hall–Kier alpha value is -2.21. The number of benzene rings is 1. The molecule has 10 unspecified atom stereocenters. The number of hydrogen-bond acceptors (Lipinski definition) is 10. The van der Waals surface area contributed by atoms with Crippen molar-refractivity contribution in [2.75, 3.05) is 6.61 Å². The van der Waals surface area contributed by atoms with Gasteiger partial charge in [0.25, 0.3) is 0 Å². The summed E-state index contributed by atoms with van der Waals surface area (Å²) in [5.74, 6) is -0.872. The molecule has 176 valence electrons. The monoisotopic (exact) mass is 452 g/mol. The molecular formula is C22H28O10. The van der Waals surface area contributed by atoms with Gasteiger partial charge in [-0.3, -0.25) is 0 Å². The average molecular weight is 452 g/mol. The maximum Gasteiger partial charge on any atom is 0.338 e. The predicted molar refractivity (Wildman–Crippen MR) is 107 cm³/mol. The van der Waals surface area contributed by atoms with Crippen molar-refractivity contribution in [2.45, 2.75) is 56.4 Å². The Balaban J connectivity index is 1.44. The number of hydrogen-bond donors (Lipinski definition) is 5. The molecule has 10 atom stereocenters. The van der Waals surface area contributed by atoms with E-state index in [2.05, 4.69) is 0 Å². The molecule has 5 N–H and O–H groups in total. The van der Waals surface area contributed by atoms with Crippen LogP contribution in [0.25, 0.3) is 0 Å². The minimum atomic E-state index is -1.55. The number of phenolic OH excluding ortho intramolecular Hbond substituents is 1. The number of fused-ring (bicyclic) bond motifs is 1. The molecule has 0 aromatic heterocycles. The zero-order valence-electron chi connectivity index (χ0n) is 17.4. The summed E-state index contributed by atoms with van der Waals surface area (Å²) >= 11 is 0. The van der Waals surface area contributed by atoms with E-state index >= 15 is 0 Å². The zero-order valence-corrected chi connectivity index (χ0v) is 17.4. The quantitative estimate of drug-likeness (QED) is 0.382. The van der Waals surface area contributed by atoms with Gasteiger partial charge in [-0.15, -0.1) is 0 Å². The van der Waals surface area contributed by atoms with E-state index in [1.165, 1.54) is 30.5 Å². The first-order chi connectivity index (χ1) is 15.3. The molecule has 32 heavy (non-hydrogen) atoms. The second kappa shape index (κ2) is 9.34. The van der Waals surface area contributed by atoms with Crippen LogP contribution in [0.4, 0.5) is 0 Å². The van der Waals surface area contributed by atoms with Crippen molar-refractivity contribution in [1.29, 1.82) is 0 Å². The molecule has 2 heterocycles. The van der Waals surface area contributed by atoms with Gasteiger partial charge < -0.3 is 44.5 Å². The van der Waals surface area contributed by atoms with Crippen molar-refractivity contribution in [1.82, 2.24) is 0 Å². The number of carbonyl (C=O) groups is 1. The van der Waals surface area contributed by atoms with Gasteiger partial charge in [0.15, 0.2) is 6.29 Å². The molecule has 3 aliphatic rings. The zero-order chi connectivity index (χ0) is 23.0. The first-order valence-corrected chi connectivity index (χ1v) is 10.6. The highest BCUT2D eigenvalue weighted by atomic mass is 16.8. The number of ether oxygens (including phenoxy) is 4. The topological polar surface area (TPSA) is 155 Å². The molecule has 1 saturated carbocycles. The lowest BCUT2D eigenvalue weighted by Crippen LogP contribution is -2.60. The van der Waals surface area contributed by atoms with Gasteiger partial charge >= 0.3 is 5.97 Å². The van der Waals surface area contributed by atoms with Crippen LogP contribution in [0.5, 0.6) is 5.75 Å². The molecule has 4 rings (SSSR count). The van der Waals surface area contributed by atoms with Crippen molar-refractivity contribution >= 4 is 5.97 Å². The maximum absolute atomic E-state index is 12.6. The second-order valence-electron chi connectivity index (χ2n) is 8.52. The normalized spacial score (nSPS) is 41.0. The van der Waals surface area contributed by atoms with Crippen molar-refractivity contribution in [3.63, 3.8) is 0 Å². The highest BCUT2D eigenvalue weighted by Gasteiger charge is 2.51. The van der Waals surface area contributed by atoms with Crippen LogP contribution in [0.15, 0.2) is 36.6 Å². The summed E-state index contributed by atoms with van der Waals surface area (Å²) in [4.78, 5) is 12.6. The Labute approximate surface area is 184 Å². The molecule has 0 bridgehead atoms. The van der Waals surface area contributed by atoms with Crippen molar-refractivity contribution in [3.8, 4) is 5.75 Å². The molecule has 2 aliphatic heterocycles.